The highest BCUT2D eigenvalue weighted by Gasteiger charge is 2.27. The summed E-state index contributed by atoms with van der Waals surface area (Å²) in [5.41, 5.74) is 2.45. The van der Waals surface area contributed by atoms with Crippen LogP contribution in [-0.2, 0) is 14.3 Å². The highest BCUT2D eigenvalue weighted by molar-refractivity contribution is 8.14. The number of esters is 1. The molecule has 0 unspecified atom stereocenters. The van der Waals surface area contributed by atoms with E-state index in [0.717, 1.165) is 11.1 Å². The molecule has 0 spiro atoms. The minimum absolute atomic E-state index is 0.141. The average Bonchev–Trinajstić information content (AvgIpc) is 2.76. The van der Waals surface area contributed by atoms with E-state index >= 15 is 0 Å². The third-order valence-electron chi connectivity index (χ3n) is 3.03. The number of amidine groups is 1. The Kier molecular flexibility index (Phi) is 5.38. The zero-order valence-electron chi connectivity index (χ0n) is 12.8. The van der Waals surface area contributed by atoms with Crippen LogP contribution >= 0.6 is 11.8 Å². The summed E-state index contributed by atoms with van der Waals surface area (Å²) in [5, 5.41) is 0.511. The molecule has 22 heavy (non-hydrogen) atoms. The molecule has 1 aliphatic rings. The first-order valence-corrected chi connectivity index (χ1v) is 7.93. The fraction of sp³-hybridized carbons (Fsp3) is 0.312. The van der Waals surface area contributed by atoms with Crippen molar-refractivity contribution >= 4 is 34.9 Å². The van der Waals surface area contributed by atoms with Gasteiger partial charge in [-0.2, -0.15) is 0 Å². The second-order valence-electron chi connectivity index (χ2n) is 4.79. The molecule has 2 rings (SSSR count). The van der Waals surface area contributed by atoms with E-state index in [4.69, 9.17) is 4.74 Å². The topological polar surface area (TPSA) is 59.0 Å². The molecule has 6 heteroatoms. The molecule has 0 N–H and O–H groups in total. The molecule has 1 amide bonds. The number of rotatable bonds is 4. The summed E-state index contributed by atoms with van der Waals surface area (Å²) in [5.74, 6) is -0.346. The van der Waals surface area contributed by atoms with Gasteiger partial charge in [-0.25, -0.2) is 4.99 Å². The van der Waals surface area contributed by atoms with Crippen molar-refractivity contribution < 1.29 is 14.3 Å². The van der Waals surface area contributed by atoms with Gasteiger partial charge in [0.2, 0.25) is 0 Å². The summed E-state index contributed by atoms with van der Waals surface area (Å²) >= 11 is 1.20. The number of thioether (sulfide) groups is 1. The van der Waals surface area contributed by atoms with Crippen LogP contribution in [0.2, 0.25) is 0 Å². The fourth-order valence-electron chi connectivity index (χ4n) is 1.85. The molecule has 1 heterocycles. The number of aryl methyl sites for hydroxylation is 1. The van der Waals surface area contributed by atoms with Crippen LogP contribution in [-0.4, -0.2) is 41.4 Å². The molecule has 0 aromatic heterocycles. The maximum absolute atomic E-state index is 12.2. The SMILES string of the molecule is CCOC(=O)CSC1=N/C(=C\c2ccc(C)cc2)C(=O)N1C. The third-order valence-corrected chi connectivity index (χ3v) is 4.04. The van der Waals surface area contributed by atoms with Crippen molar-refractivity contribution in [2.45, 2.75) is 13.8 Å². The molecule has 1 aliphatic heterocycles. The van der Waals surface area contributed by atoms with E-state index in [9.17, 15) is 9.59 Å². The number of benzene rings is 1. The predicted molar refractivity (Wildman–Crippen MR) is 88.5 cm³/mol. The third kappa shape index (κ3) is 3.98. The number of carbonyl (C=O) groups excluding carboxylic acids is 2. The number of carbonyl (C=O) groups is 2. The standard InChI is InChI=1S/C16H18N2O3S/c1-4-21-14(19)10-22-16-17-13(15(20)18(16)3)9-12-7-5-11(2)6-8-12/h5-9H,4,10H2,1-3H3/b13-9-. The largest absolute Gasteiger partial charge is 0.465 e. The van der Waals surface area contributed by atoms with Gasteiger partial charge in [0.05, 0.1) is 12.4 Å². The van der Waals surface area contributed by atoms with Gasteiger partial charge in [0.1, 0.15) is 5.70 Å². The normalized spacial score (nSPS) is 16.1. The number of nitrogens with zero attached hydrogens (tertiary/aromatic N) is 2. The van der Waals surface area contributed by atoms with Crippen molar-refractivity contribution in [3.05, 3.63) is 41.1 Å². The number of likely N-dealkylation sites (N-methyl/N-ethyl adjacent to an activating group) is 1. The summed E-state index contributed by atoms with van der Waals surface area (Å²) < 4.78 is 4.86. The van der Waals surface area contributed by atoms with Gasteiger partial charge in [-0.1, -0.05) is 41.6 Å². The molecule has 0 radical (unpaired) electrons. The van der Waals surface area contributed by atoms with Crippen LogP contribution in [0.4, 0.5) is 0 Å². The second-order valence-corrected chi connectivity index (χ2v) is 5.74. The summed E-state index contributed by atoms with van der Waals surface area (Å²) in [7, 11) is 1.65. The molecule has 0 bridgehead atoms. The van der Waals surface area contributed by atoms with Crippen LogP contribution < -0.4 is 0 Å². The van der Waals surface area contributed by atoms with Gasteiger partial charge in [-0.15, -0.1) is 0 Å². The second kappa shape index (κ2) is 7.26. The van der Waals surface area contributed by atoms with E-state index in [0.29, 0.717) is 17.5 Å². The summed E-state index contributed by atoms with van der Waals surface area (Å²) in [4.78, 5) is 29.3. The van der Waals surface area contributed by atoms with Gasteiger partial charge in [-0.3, -0.25) is 14.5 Å². The van der Waals surface area contributed by atoms with E-state index in [1.807, 2.05) is 31.2 Å². The number of aliphatic imine (C=N–C) groups is 1. The predicted octanol–water partition coefficient (Wildman–Crippen LogP) is 2.46. The van der Waals surface area contributed by atoms with Gasteiger partial charge in [0.15, 0.2) is 5.17 Å². The minimum atomic E-state index is -0.313. The highest BCUT2D eigenvalue weighted by Crippen LogP contribution is 2.22. The summed E-state index contributed by atoms with van der Waals surface area (Å²) in [6, 6.07) is 7.84. The molecule has 0 saturated carbocycles. The van der Waals surface area contributed by atoms with Crippen LogP contribution in [0, 0.1) is 6.92 Å². The van der Waals surface area contributed by atoms with Crippen molar-refractivity contribution in [2.24, 2.45) is 4.99 Å². The number of hydrogen-bond donors (Lipinski definition) is 0. The Morgan fingerprint density at radius 3 is 2.68 bits per heavy atom. The Hall–Kier alpha value is -2.08. The van der Waals surface area contributed by atoms with Gasteiger partial charge in [0.25, 0.3) is 5.91 Å². The summed E-state index contributed by atoms with van der Waals surface area (Å²) in [6.45, 7) is 4.11. The number of ether oxygens (including phenoxy) is 1. The van der Waals surface area contributed by atoms with Crippen LogP contribution in [0.1, 0.15) is 18.1 Å². The van der Waals surface area contributed by atoms with Crippen molar-refractivity contribution in [2.75, 3.05) is 19.4 Å². The zero-order valence-corrected chi connectivity index (χ0v) is 13.6. The van der Waals surface area contributed by atoms with E-state index in [2.05, 4.69) is 4.99 Å². The van der Waals surface area contributed by atoms with Gasteiger partial charge in [-0.05, 0) is 25.5 Å². The highest BCUT2D eigenvalue weighted by atomic mass is 32.2. The van der Waals surface area contributed by atoms with E-state index < -0.39 is 0 Å². The first kappa shape index (κ1) is 16.3. The Morgan fingerprint density at radius 1 is 1.36 bits per heavy atom. The van der Waals surface area contributed by atoms with Crippen LogP contribution in [0.3, 0.4) is 0 Å². The molecule has 0 aliphatic carbocycles. The van der Waals surface area contributed by atoms with E-state index in [1.54, 1.807) is 20.0 Å². The van der Waals surface area contributed by atoms with Crippen molar-refractivity contribution in [3.63, 3.8) is 0 Å². The summed E-state index contributed by atoms with van der Waals surface area (Å²) in [6.07, 6.45) is 1.75. The Bertz CT molecular complexity index is 635. The zero-order chi connectivity index (χ0) is 16.1. The Balaban J connectivity index is 2.11. The Labute approximate surface area is 134 Å². The molecule has 1 aromatic carbocycles. The molecule has 1 aromatic rings. The lowest BCUT2D eigenvalue weighted by Gasteiger charge is -2.10. The number of amides is 1. The monoisotopic (exact) mass is 318 g/mol. The maximum Gasteiger partial charge on any atom is 0.316 e. The quantitative estimate of drug-likeness (QED) is 0.632. The van der Waals surface area contributed by atoms with Crippen molar-refractivity contribution in [3.8, 4) is 0 Å². The molecule has 0 fully saturated rings. The molecule has 116 valence electrons. The first-order valence-electron chi connectivity index (χ1n) is 6.94. The maximum atomic E-state index is 12.2. The van der Waals surface area contributed by atoms with E-state index in [1.165, 1.54) is 16.7 Å². The molecule has 0 saturated heterocycles. The first-order chi connectivity index (χ1) is 10.5. The van der Waals surface area contributed by atoms with Crippen LogP contribution in [0.15, 0.2) is 35.0 Å². The molecule has 5 nitrogen and oxygen atoms in total. The molecule has 0 atom stereocenters. The lowest BCUT2D eigenvalue weighted by Crippen LogP contribution is -2.26. The van der Waals surface area contributed by atoms with Gasteiger partial charge < -0.3 is 4.74 Å². The van der Waals surface area contributed by atoms with Gasteiger partial charge in [0, 0.05) is 7.05 Å². The lowest BCUT2D eigenvalue weighted by atomic mass is 10.1. The fourth-order valence-corrected chi connectivity index (χ4v) is 2.62. The van der Waals surface area contributed by atoms with Crippen LogP contribution in [0.5, 0.6) is 0 Å². The molecular formula is C16H18N2O3S. The Morgan fingerprint density at radius 2 is 2.05 bits per heavy atom. The minimum Gasteiger partial charge on any atom is -0.465 e. The van der Waals surface area contributed by atoms with E-state index in [-0.39, 0.29) is 17.6 Å². The van der Waals surface area contributed by atoms with Crippen LogP contribution in [0.25, 0.3) is 6.08 Å². The lowest BCUT2D eigenvalue weighted by molar-refractivity contribution is -0.139. The number of hydrogen-bond acceptors (Lipinski definition) is 5. The van der Waals surface area contributed by atoms with Gasteiger partial charge >= 0.3 is 5.97 Å². The average molecular weight is 318 g/mol. The van der Waals surface area contributed by atoms with Crippen molar-refractivity contribution in [1.82, 2.24) is 4.90 Å². The molecular weight excluding hydrogens is 300 g/mol. The smallest absolute Gasteiger partial charge is 0.316 e. The van der Waals surface area contributed by atoms with Crippen molar-refractivity contribution in [1.29, 1.82) is 0 Å².